The molecule has 2 amide bonds. The van der Waals surface area contributed by atoms with E-state index in [4.69, 9.17) is 0 Å². The lowest BCUT2D eigenvalue weighted by Gasteiger charge is -2.24. The zero-order chi connectivity index (χ0) is 14.3. The molecule has 2 N–H and O–H groups in total. The Hall–Kier alpha value is -1.89. The van der Waals surface area contributed by atoms with Gasteiger partial charge < -0.3 is 5.32 Å². The number of anilines is 1. The van der Waals surface area contributed by atoms with Crippen LogP contribution in [0.15, 0.2) is 18.2 Å². The van der Waals surface area contributed by atoms with Gasteiger partial charge >= 0.3 is 0 Å². The van der Waals surface area contributed by atoms with Crippen molar-refractivity contribution in [2.45, 2.75) is 18.9 Å². The standard InChI is InChI=1S/C13H14N2O4S/c16-12-10-4-3-8(6-11(10)13(17)15-12)14-9-2-1-5-20(18,19)7-9/h3-4,6,9,14H,1-2,5,7H2,(H,15,16,17). The van der Waals surface area contributed by atoms with Gasteiger partial charge in [0.1, 0.15) is 0 Å². The molecule has 1 aromatic rings. The minimum absolute atomic E-state index is 0.106. The molecular formula is C13H14N2O4S. The largest absolute Gasteiger partial charge is 0.381 e. The van der Waals surface area contributed by atoms with Gasteiger partial charge in [0, 0.05) is 11.7 Å². The first kappa shape index (κ1) is 13.1. The first-order valence-corrected chi connectivity index (χ1v) is 8.23. The van der Waals surface area contributed by atoms with Crippen molar-refractivity contribution in [2.24, 2.45) is 0 Å². The number of nitrogens with one attached hydrogen (secondary N) is 2. The quantitative estimate of drug-likeness (QED) is 0.778. The highest BCUT2D eigenvalue weighted by molar-refractivity contribution is 7.91. The maximum absolute atomic E-state index is 11.6. The van der Waals surface area contributed by atoms with Crippen molar-refractivity contribution < 1.29 is 18.0 Å². The molecule has 3 rings (SSSR count). The summed E-state index contributed by atoms with van der Waals surface area (Å²) in [6, 6.07) is 4.72. The summed E-state index contributed by atoms with van der Waals surface area (Å²) in [6.07, 6.45) is 1.42. The Bertz CT molecular complexity index is 696. The Morgan fingerprint density at radius 2 is 1.90 bits per heavy atom. The molecule has 2 aliphatic heterocycles. The zero-order valence-corrected chi connectivity index (χ0v) is 11.5. The number of sulfone groups is 1. The maximum atomic E-state index is 11.6. The van der Waals surface area contributed by atoms with Gasteiger partial charge in [0.15, 0.2) is 9.84 Å². The predicted molar refractivity (Wildman–Crippen MR) is 73.5 cm³/mol. The predicted octanol–water partition coefficient (Wildman–Crippen LogP) is 0.559. The van der Waals surface area contributed by atoms with Gasteiger partial charge in [0.2, 0.25) is 0 Å². The van der Waals surface area contributed by atoms with Crippen LogP contribution in [0, 0.1) is 0 Å². The van der Waals surface area contributed by atoms with Crippen LogP contribution in [-0.2, 0) is 9.84 Å². The average molecular weight is 294 g/mol. The molecule has 20 heavy (non-hydrogen) atoms. The average Bonchev–Trinajstić information content (AvgIpc) is 2.63. The van der Waals surface area contributed by atoms with Crippen LogP contribution in [0.5, 0.6) is 0 Å². The van der Waals surface area contributed by atoms with Gasteiger partial charge in [0.25, 0.3) is 11.8 Å². The number of fused-ring (bicyclic) bond motifs is 1. The van der Waals surface area contributed by atoms with E-state index in [1.165, 1.54) is 0 Å². The third-order valence-electron chi connectivity index (χ3n) is 3.57. The molecule has 0 radical (unpaired) electrons. The number of carbonyl (C=O) groups is 2. The van der Waals surface area contributed by atoms with Gasteiger partial charge in [-0.25, -0.2) is 8.42 Å². The summed E-state index contributed by atoms with van der Waals surface area (Å²) < 4.78 is 23.2. The molecule has 1 aromatic carbocycles. The molecule has 1 atom stereocenters. The number of hydrogen-bond donors (Lipinski definition) is 2. The van der Waals surface area contributed by atoms with E-state index >= 15 is 0 Å². The number of rotatable bonds is 2. The van der Waals surface area contributed by atoms with E-state index in [1.807, 2.05) is 0 Å². The third kappa shape index (κ3) is 2.40. The lowest BCUT2D eigenvalue weighted by atomic mass is 10.1. The number of hydrogen-bond acceptors (Lipinski definition) is 5. The van der Waals surface area contributed by atoms with Crippen LogP contribution in [0.4, 0.5) is 5.69 Å². The molecular weight excluding hydrogens is 280 g/mol. The smallest absolute Gasteiger partial charge is 0.259 e. The molecule has 0 saturated carbocycles. The van der Waals surface area contributed by atoms with E-state index in [-0.39, 0.29) is 17.5 Å². The molecule has 106 valence electrons. The summed E-state index contributed by atoms with van der Waals surface area (Å²) >= 11 is 0. The molecule has 0 spiro atoms. The van der Waals surface area contributed by atoms with E-state index in [0.717, 1.165) is 6.42 Å². The molecule has 2 aliphatic rings. The van der Waals surface area contributed by atoms with Gasteiger partial charge in [0.05, 0.1) is 22.6 Å². The number of amides is 2. The summed E-state index contributed by atoms with van der Waals surface area (Å²) in [5.41, 5.74) is 1.35. The third-order valence-corrected chi connectivity index (χ3v) is 5.39. The number of benzene rings is 1. The van der Waals surface area contributed by atoms with E-state index in [0.29, 0.717) is 23.2 Å². The molecule has 2 heterocycles. The van der Waals surface area contributed by atoms with Crippen molar-refractivity contribution in [1.29, 1.82) is 0 Å². The Kier molecular flexibility index (Phi) is 3.01. The van der Waals surface area contributed by atoms with Crippen molar-refractivity contribution in [3.63, 3.8) is 0 Å². The van der Waals surface area contributed by atoms with Gasteiger partial charge in [-0.3, -0.25) is 14.9 Å². The molecule has 7 heteroatoms. The molecule has 0 aromatic heterocycles. The van der Waals surface area contributed by atoms with Crippen molar-refractivity contribution in [3.05, 3.63) is 29.3 Å². The van der Waals surface area contributed by atoms with Crippen molar-refractivity contribution in [2.75, 3.05) is 16.8 Å². The summed E-state index contributed by atoms with van der Waals surface area (Å²) in [6.45, 7) is 0. The lowest BCUT2D eigenvalue weighted by Crippen LogP contribution is -2.34. The van der Waals surface area contributed by atoms with Gasteiger partial charge in [-0.2, -0.15) is 0 Å². The van der Waals surface area contributed by atoms with Gasteiger partial charge in [-0.1, -0.05) is 0 Å². The van der Waals surface area contributed by atoms with E-state index in [9.17, 15) is 18.0 Å². The Labute approximate surface area is 116 Å². The minimum atomic E-state index is -2.98. The fourth-order valence-corrected chi connectivity index (χ4v) is 4.27. The van der Waals surface area contributed by atoms with Crippen LogP contribution < -0.4 is 10.6 Å². The van der Waals surface area contributed by atoms with E-state index in [1.54, 1.807) is 18.2 Å². The molecule has 6 nitrogen and oxygen atoms in total. The molecule has 1 saturated heterocycles. The number of imide groups is 1. The summed E-state index contributed by atoms with van der Waals surface area (Å²) in [4.78, 5) is 23.0. The first-order valence-electron chi connectivity index (χ1n) is 6.41. The van der Waals surface area contributed by atoms with E-state index < -0.39 is 21.7 Å². The Morgan fingerprint density at radius 1 is 1.15 bits per heavy atom. The van der Waals surface area contributed by atoms with E-state index in [2.05, 4.69) is 10.6 Å². The Balaban J connectivity index is 1.81. The van der Waals surface area contributed by atoms with Crippen molar-refractivity contribution >= 4 is 27.3 Å². The van der Waals surface area contributed by atoms with Gasteiger partial charge in [-0.15, -0.1) is 0 Å². The highest BCUT2D eigenvalue weighted by Crippen LogP contribution is 2.23. The summed E-state index contributed by atoms with van der Waals surface area (Å²) in [5.74, 6) is -0.455. The zero-order valence-electron chi connectivity index (χ0n) is 10.7. The van der Waals surface area contributed by atoms with Gasteiger partial charge in [-0.05, 0) is 31.0 Å². The summed E-state index contributed by atoms with van der Waals surface area (Å²) in [7, 11) is -2.98. The van der Waals surface area contributed by atoms with Crippen LogP contribution in [0.1, 0.15) is 33.6 Å². The van der Waals surface area contributed by atoms with Crippen LogP contribution in [0.3, 0.4) is 0 Å². The van der Waals surface area contributed by atoms with Crippen LogP contribution >= 0.6 is 0 Å². The molecule has 1 fully saturated rings. The topological polar surface area (TPSA) is 92.3 Å². The maximum Gasteiger partial charge on any atom is 0.259 e. The highest BCUT2D eigenvalue weighted by Gasteiger charge is 2.28. The van der Waals surface area contributed by atoms with Crippen molar-refractivity contribution in [1.82, 2.24) is 5.32 Å². The lowest BCUT2D eigenvalue weighted by molar-refractivity contribution is 0.0879. The molecule has 0 bridgehead atoms. The highest BCUT2D eigenvalue weighted by atomic mass is 32.2. The molecule has 0 aliphatic carbocycles. The van der Waals surface area contributed by atoms with Crippen LogP contribution in [0.2, 0.25) is 0 Å². The Morgan fingerprint density at radius 3 is 2.65 bits per heavy atom. The van der Waals surface area contributed by atoms with Crippen molar-refractivity contribution in [3.8, 4) is 0 Å². The summed E-state index contributed by atoms with van der Waals surface area (Å²) in [5, 5.41) is 5.36. The SMILES string of the molecule is O=C1NC(=O)c2cc(NC3CCCS(=O)(=O)C3)ccc21. The monoisotopic (exact) mass is 294 g/mol. The minimum Gasteiger partial charge on any atom is -0.381 e. The second-order valence-electron chi connectivity index (χ2n) is 5.14. The van der Waals surface area contributed by atoms with Crippen LogP contribution in [0.25, 0.3) is 0 Å². The molecule has 1 unspecified atom stereocenters. The normalized spacial score (nSPS) is 24.1. The fraction of sp³-hybridized carbons (Fsp3) is 0.385. The van der Waals surface area contributed by atoms with Crippen LogP contribution in [-0.4, -0.2) is 37.8 Å². The second kappa shape index (κ2) is 4.59. The second-order valence-corrected chi connectivity index (χ2v) is 7.37. The number of carbonyl (C=O) groups excluding carboxylic acids is 2. The fourth-order valence-electron chi connectivity index (χ4n) is 2.63. The first-order chi connectivity index (χ1) is 9.44.